The van der Waals surface area contributed by atoms with Crippen molar-refractivity contribution in [1.82, 2.24) is 20.4 Å². The predicted molar refractivity (Wildman–Crippen MR) is 68.5 cm³/mol. The molecule has 1 fully saturated rings. The van der Waals surface area contributed by atoms with Crippen molar-refractivity contribution in [1.29, 1.82) is 0 Å². The van der Waals surface area contributed by atoms with Gasteiger partial charge >= 0.3 is 0 Å². The highest BCUT2D eigenvalue weighted by molar-refractivity contribution is 5.85. The summed E-state index contributed by atoms with van der Waals surface area (Å²) < 4.78 is 27.5. The van der Waals surface area contributed by atoms with E-state index in [1.807, 2.05) is 13.2 Å². The lowest BCUT2D eigenvalue weighted by Crippen LogP contribution is -2.41. The van der Waals surface area contributed by atoms with Gasteiger partial charge in [-0.1, -0.05) is 0 Å². The molecule has 0 saturated carbocycles. The van der Waals surface area contributed by atoms with Crippen molar-refractivity contribution in [2.75, 3.05) is 13.1 Å². The molecule has 2 rings (SSSR count). The van der Waals surface area contributed by atoms with Crippen LogP contribution in [0.5, 0.6) is 0 Å². The molecule has 1 aliphatic heterocycles. The lowest BCUT2D eigenvalue weighted by Gasteiger charge is -2.10. The average molecular weight is 295 g/mol. The number of amides is 1. The summed E-state index contributed by atoms with van der Waals surface area (Å²) in [6.07, 6.45) is 3.79. The minimum atomic E-state index is -2.77. The molecule has 0 bridgehead atoms. The maximum Gasteiger partial charge on any atom is 0.262 e. The molecule has 5 nitrogen and oxygen atoms in total. The van der Waals surface area contributed by atoms with E-state index in [0.29, 0.717) is 13.0 Å². The van der Waals surface area contributed by atoms with Gasteiger partial charge in [-0.3, -0.25) is 14.8 Å². The van der Waals surface area contributed by atoms with E-state index in [9.17, 15) is 13.6 Å². The fraction of sp³-hybridized carbons (Fsp3) is 0.636. The molecule has 0 aliphatic carbocycles. The third kappa shape index (κ3) is 4.43. The van der Waals surface area contributed by atoms with Crippen molar-refractivity contribution in [2.24, 2.45) is 7.05 Å². The standard InChI is InChI=1S/C11H16F2N4O.ClH/c1-17-6-8(5-16-17)2-3-14-10(18)9-4-11(12,13)7-15-9;/h5-6,9,15H,2-4,7H2,1H3,(H,14,18);1H. The highest BCUT2D eigenvalue weighted by Gasteiger charge is 2.42. The van der Waals surface area contributed by atoms with E-state index in [0.717, 1.165) is 5.56 Å². The number of carbonyl (C=O) groups is 1. The summed E-state index contributed by atoms with van der Waals surface area (Å²) in [5.41, 5.74) is 1.00. The van der Waals surface area contributed by atoms with E-state index in [1.165, 1.54) is 0 Å². The second kappa shape index (κ2) is 6.29. The maximum atomic E-state index is 12.9. The van der Waals surface area contributed by atoms with E-state index in [-0.39, 0.29) is 18.3 Å². The molecule has 0 aromatic carbocycles. The topological polar surface area (TPSA) is 59.0 Å². The van der Waals surface area contributed by atoms with Crippen molar-refractivity contribution < 1.29 is 13.6 Å². The van der Waals surface area contributed by atoms with Gasteiger partial charge in [0.15, 0.2) is 0 Å². The van der Waals surface area contributed by atoms with Crippen LogP contribution < -0.4 is 10.6 Å². The molecule has 1 aromatic heterocycles. The zero-order chi connectivity index (χ0) is 13.2. The number of nitrogens with one attached hydrogen (secondary N) is 2. The molecule has 1 saturated heterocycles. The van der Waals surface area contributed by atoms with Crippen molar-refractivity contribution in [2.45, 2.75) is 24.8 Å². The number of halogens is 3. The minimum absolute atomic E-state index is 0. The highest BCUT2D eigenvalue weighted by atomic mass is 35.5. The third-order valence-corrected chi connectivity index (χ3v) is 2.90. The monoisotopic (exact) mass is 294 g/mol. The van der Waals surface area contributed by atoms with Crippen LogP contribution in [0.4, 0.5) is 8.78 Å². The molecule has 1 unspecified atom stereocenters. The summed E-state index contributed by atoms with van der Waals surface area (Å²) in [7, 11) is 1.81. The Morgan fingerprint density at radius 1 is 1.68 bits per heavy atom. The van der Waals surface area contributed by atoms with Gasteiger partial charge in [0, 0.05) is 26.2 Å². The number of rotatable bonds is 4. The first-order valence-electron chi connectivity index (χ1n) is 5.83. The van der Waals surface area contributed by atoms with Gasteiger partial charge in [0.2, 0.25) is 5.91 Å². The van der Waals surface area contributed by atoms with Crippen LogP contribution in [0.1, 0.15) is 12.0 Å². The first-order valence-corrected chi connectivity index (χ1v) is 5.83. The van der Waals surface area contributed by atoms with E-state index in [4.69, 9.17) is 0 Å². The fourth-order valence-electron chi connectivity index (χ4n) is 1.96. The van der Waals surface area contributed by atoms with Gasteiger partial charge in [-0.05, 0) is 12.0 Å². The molecular formula is C11H17ClF2N4O. The Kier molecular flexibility index (Phi) is 5.25. The van der Waals surface area contributed by atoms with Gasteiger partial charge in [0.25, 0.3) is 5.92 Å². The average Bonchev–Trinajstić information content (AvgIpc) is 2.85. The molecule has 2 heterocycles. The predicted octanol–water partition coefficient (Wildman–Crippen LogP) is 0.498. The lowest BCUT2D eigenvalue weighted by molar-refractivity contribution is -0.123. The van der Waals surface area contributed by atoms with E-state index in [2.05, 4.69) is 15.7 Å². The maximum absolute atomic E-state index is 12.9. The van der Waals surface area contributed by atoms with Crippen LogP contribution in [0, 0.1) is 0 Å². The molecule has 19 heavy (non-hydrogen) atoms. The Bertz CT molecular complexity index is 438. The number of alkyl halides is 2. The second-order valence-corrected chi connectivity index (χ2v) is 4.56. The lowest BCUT2D eigenvalue weighted by atomic mass is 10.2. The van der Waals surface area contributed by atoms with Crippen LogP contribution in [0.3, 0.4) is 0 Å². The van der Waals surface area contributed by atoms with Crippen LogP contribution in [-0.4, -0.2) is 40.7 Å². The van der Waals surface area contributed by atoms with Crippen LogP contribution in [0.15, 0.2) is 12.4 Å². The molecule has 1 amide bonds. The van der Waals surface area contributed by atoms with Gasteiger partial charge in [-0.2, -0.15) is 5.10 Å². The van der Waals surface area contributed by atoms with Crippen LogP contribution >= 0.6 is 12.4 Å². The summed E-state index contributed by atoms with van der Waals surface area (Å²) in [6.45, 7) is 0.00195. The van der Waals surface area contributed by atoms with E-state index < -0.39 is 24.9 Å². The van der Waals surface area contributed by atoms with Gasteiger partial charge < -0.3 is 5.32 Å². The Balaban J connectivity index is 0.00000180. The Labute approximate surface area is 116 Å². The van der Waals surface area contributed by atoms with Gasteiger partial charge in [-0.25, -0.2) is 8.78 Å². The first-order chi connectivity index (χ1) is 8.46. The zero-order valence-corrected chi connectivity index (χ0v) is 11.3. The van der Waals surface area contributed by atoms with E-state index >= 15 is 0 Å². The van der Waals surface area contributed by atoms with Gasteiger partial charge in [0.1, 0.15) is 0 Å². The number of aromatic nitrogens is 2. The molecule has 2 N–H and O–H groups in total. The molecule has 108 valence electrons. The molecule has 0 spiro atoms. The first kappa shape index (κ1) is 15.8. The smallest absolute Gasteiger partial charge is 0.262 e. The van der Waals surface area contributed by atoms with Crippen LogP contribution in [0.2, 0.25) is 0 Å². The summed E-state index contributed by atoms with van der Waals surface area (Å²) in [6, 6.07) is -0.783. The summed E-state index contributed by atoms with van der Waals surface area (Å²) >= 11 is 0. The van der Waals surface area contributed by atoms with Crippen LogP contribution in [-0.2, 0) is 18.3 Å². The van der Waals surface area contributed by atoms with Crippen molar-refractivity contribution >= 4 is 18.3 Å². The van der Waals surface area contributed by atoms with Crippen molar-refractivity contribution in [3.8, 4) is 0 Å². The molecule has 8 heteroatoms. The van der Waals surface area contributed by atoms with Crippen molar-refractivity contribution in [3.63, 3.8) is 0 Å². The quantitative estimate of drug-likeness (QED) is 0.850. The van der Waals surface area contributed by atoms with E-state index in [1.54, 1.807) is 10.9 Å². The summed E-state index contributed by atoms with van der Waals surface area (Å²) in [5.74, 6) is -3.14. The molecule has 1 atom stereocenters. The Hall–Kier alpha value is -1.21. The number of aryl methyl sites for hydroxylation is 1. The summed E-state index contributed by atoms with van der Waals surface area (Å²) in [4.78, 5) is 11.6. The highest BCUT2D eigenvalue weighted by Crippen LogP contribution is 2.24. The molecule has 1 aromatic rings. The summed E-state index contributed by atoms with van der Waals surface area (Å²) in [5, 5.41) is 9.17. The third-order valence-electron chi connectivity index (χ3n) is 2.90. The number of nitrogens with zero attached hydrogens (tertiary/aromatic N) is 2. The minimum Gasteiger partial charge on any atom is -0.354 e. The normalized spacial score (nSPS) is 20.9. The Morgan fingerprint density at radius 3 is 2.95 bits per heavy atom. The number of carbonyl (C=O) groups excluding carboxylic acids is 1. The fourth-order valence-corrected chi connectivity index (χ4v) is 1.96. The number of hydrogen-bond donors (Lipinski definition) is 2. The Morgan fingerprint density at radius 2 is 2.42 bits per heavy atom. The van der Waals surface area contributed by atoms with Crippen molar-refractivity contribution in [3.05, 3.63) is 18.0 Å². The largest absolute Gasteiger partial charge is 0.354 e. The number of hydrogen-bond acceptors (Lipinski definition) is 3. The van der Waals surface area contributed by atoms with Crippen LogP contribution in [0.25, 0.3) is 0 Å². The van der Waals surface area contributed by atoms with Gasteiger partial charge in [-0.15, -0.1) is 12.4 Å². The molecular weight excluding hydrogens is 278 g/mol. The second-order valence-electron chi connectivity index (χ2n) is 4.56. The van der Waals surface area contributed by atoms with Gasteiger partial charge in [0.05, 0.1) is 18.8 Å². The molecule has 0 radical (unpaired) electrons. The zero-order valence-electron chi connectivity index (χ0n) is 10.5. The molecule has 1 aliphatic rings. The SMILES string of the molecule is Cl.Cn1cc(CCNC(=O)C2CC(F)(F)CN2)cn1.